The fraction of sp³-hybridized carbons (Fsp3) is 0.300. The number of carbonyl (C=O) groups is 2. The molecule has 0 spiro atoms. The first-order valence-corrected chi connectivity index (χ1v) is 9.57. The Bertz CT molecular complexity index is 1130. The van der Waals surface area contributed by atoms with Gasteiger partial charge in [0.05, 0.1) is 23.4 Å². The van der Waals surface area contributed by atoms with Crippen molar-refractivity contribution in [1.82, 2.24) is 19.6 Å². The van der Waals surface area contributed by atoms with Crippen LogP contribution in [0.3, 0.4) is 0 Å². The van der Waals surface area contributed by atoms with Gasteiger partial charge in [-0.25, -0.2) is 9.48 Å². The topological polar surface area (TPSA) is 134 Å². The van der Waals surface area contributed by atoms with E-state index in [1.807, 2.05) is 6.07 Å². The van der Waals surface area contributed by atoms with Gasteiger partial charge in [-0.1, -0.05) is 18.2 Å². The summed E-state index contributed by atoms with van der Waals surface area (Å²) in [6.07, 6.45) is 1.32. The molecule has 0 aliphatic rings. The average Bonchev–Trinajstić information content (AvgIpc) is 3.28. The molecule has 3 aromatic rings. The predicted octanol–water partition coefficient (Wildman–Crippen LogP) is 2.97. The van der Waals surface area contributed by atoms with Crippen LogP contribution >= 0.6 is 0 Å². The number of nitro groups is 1. The number of hydrogen-bond acceptors (Lipinski definition) is 7. The minimum absolute atomic E-state index is 0.0885. The molecule has 0 saturated carbocycles. The second kappa shape index (κ2) is 8.78. The van der Waals surface area contributed by atoms with Crippen molar-refractivity contribution >= 4 is 23.4 Å². The maximum absolute atomic E-state index is 13.0. The molecule has 0 radical (unpaired) electrons. The molecule has 0 saturated heterocycles. The van der Waals surface area contributed by atoms with Gasteiger partial charge in [0.2, 0.25) is 5.91 Å². The van der Waals surface area contributed by atoms with E-state index in [-0.39, 0.29) is 35.1 Å². The fourth-order valence-electron chi connectivity index (χ4n) is 3.22. The van der Waals surface area contributed by atoms with Gasteiger partial charge in [0.25, 0.3) is 0 Å². The largest absolute Gasteiger partial charge is 0.462 e. The summed E-state index contributed by atoms with van der Waals surface area (Å²) in [5.74, 6) is -1.02. The molecule has 2 aromatic heterocycles. The number of nitrogens with one attached hydrogen (secondary N) is 1. The molecule has 0 fully saturated rings. The summed E-state index contributed by atoms with van der Waals surface area (Å²) in [4.78, 5) is 36.2. The normalized spacial score (nSPS) is 11.7. The van der Waals surface area contributed by atoms with Gasteiger partial charge >= 0.3 is 11.7 Å². The first-order chi connectivity index (χ1) is 14.8. The first-order valence-electron chi connectivity index (χ1n) is 9.57. The minimum Gasteiger partial charge on any atom is -0.462 e. The number of para-hydroxylation sites is 1. The number of aromatic nitrogens is 4. The summed E-state index contributed by atoms with van der Waals surface area (Å²) in [6, 6.07) is 8.07. The molecule has 0 bridgehead atoms. The van der Waals surface area contributed by atoms with Crippen LogP contribution in [0.2, 0.25) is 0 Å². The van der Waals surface area contributed by atoms with Gasteiger partial charge in [0.1, 0.15) is 23.0 Å². The fourth-order valence-corrected chi connectivity index (χ4v) is 3.22. The number of aryl methyl sites for hydroxylation is 1. The highest BCUT2D eigenvalue weighted by molar-refractivity contribution is 6.01. The van der Waals surface area contributed by atoms with Crippen LogP contribution in [0.25, 0.3) is 5.69 Å². The van der Waals surface area contributed by atoms with Gasteiger partial charge in [-0.3, -0.25) is 19.6 Å². The van der Waals surface area contributed by atoms with Crippen molar-refractivity contribution in [3.8, 4) is 5.69 Å². The molecule has 1 amide bonds. The second-order valence-corrected chi connectivity index (χ2v) is 6.76. The molecule has 11 nitrogen and oxygen atoms in total. The molecule has 162 valence electrons. The highest BCUT2D eigenvalue weighted by Crippen LogP contribution is 2.26. The van der Waals surface area contributed by atoms with E-state index in [1.54, 1.807) is 38.1 Å². The van der Waals surface area contributed by atoms with Gasteiger partial charge in [-0.2, -0.15) is 10.2 Å². The van der Waals surface area contributed by atoms with Crippen LogP contribution in [0.5, 0.6) is 0 Å². The maximum atomic E-state index is 13.0. The predicted molar refractivity (Wildman–Crippen MR) is 111 cm³/mol. The van der Waals surface area contributed by atoms with E-state index in [0.29, 0.717) is 5.69 Å². The molecule has 1 unspecified atom stereocenters. The first kappa shape index (κ1) is 21.7. The molecule has 3 rings (SSSR count). The Morgan fingerprint density at radius 2 is 1.94 bits per heavy atom. The van der Waals surface area contributed by atoms with Gasteiger partial charge < -0.3 is 10.1 Å². The molecular weight excluding hydrogens is 404 g/mol. The monoisotopic (exact) mass is 426 g/mol. The molecular formula is C20H22N6O5. The summed E-state index contributed by atoms with van der Waals surface area (Å²) in [5.41, 5.74) is 1.05. The van der Waals surface area contributed by atoms with Crippen LogP contribution < -0.4 is 5.32 Å². The van der Waals surface area contributed by atoms with Crippen molar-refractivity contribution < 1.29 is 19.2 Å². The molecule has 1 N–H and O–H groups in total. The zero-order valence-electron chi connectivity index (χ0n) is 17.5. The number of benzene rings is 1. The SMILES string of the molecule is CCOC(=O)c1cnn(-c2ccccc2)c1NC(=O)C(C)n1nc(C)c([N+](=O)[O-])c1C. The lowest BCUT2D eigenvalue weighted by molar-refractivity contribution is -0.386. The molecule has 0 aliphatic heterocycles. The summed E-state index contributed by atoms with van der Waals surface area (Å²) in [5, 5.41) is 22.4. The van der Waals surface area contributed by atoms with Crippen LogP contribution in [0.15, 0.2) is 36.5 Å². The number of nitrogens with zero attached hydrogens (tertiary/aromatic N) is 5. The number of carbonyl (C=O) groups excluding carboxylic acids is 2. The van der Waals surface area contributed by atoms with Crippen LogP contribution in [-0.4, -0.2) is 43.0 Å². The molecule has 1 aromatic carbocycles. The highest BCUT2D eigenvalue weighted by atomic mass is 16.6. The number of rotatable bonds is 7. The van der Waals surface area contributed by atoms with Crippen LogP contribution in [-0.2, 0) is 9.53 Å². The van der Waals surface area contributed by atoms with E-state index in [4.69, 9.17) is 4.74 Å². The van der Waals surface area contributed by atoms with Crippen LogP contribution in [0.4, 0.5) is 11.5 Å². The third-order valence-electron chi connectivity index (χ3n) is 4.72. The van der Waals surface area contributed by atoms with E-state index in [2.05, 4.69) is 15.5 Å². The lowest BCUT2D eigenvalue weighted by atomic mass is 10.2. The Labute approximate surface area is 177 Å². The number of ether oxygens (including phenoxy) is 1. The van der Waals surface area contributed by atoms with Gasteiger partial charge in [0.15, 0.2) is 5.82 Å². The number of hydrogen-bond donors (Lipinski definition) is 1. The molecule has 11 heteroatoms. The molecule has 2 heterocycles. The zero-order valence-corrected chi connectivity index (χ0v) is 17.5. The third-order valence-corrected chi connectivity index (χ3v) is 4.72. The second-order valence-electron chi connectivity index (χ2n) is 6.76. The Kier molecular flexibility index (Phi) is 6.14. The summed E-state index contributed by atoms with van der Waals surface area (Å²) < 4.78 is 7.78. The summed E-state index contributed by atoms with van der Waals surface area (Å²) >= 11 is 0. The standard InChI is InChI=1S/C20H22N6O5/c1-5-31-20(28)16-11-21-25(15-9-7-6-8-10-15)18(16)22-19(27)14(4)24-13(3)17(26(29)30)12(2)23-24/h6-11,14H,5H2,1-4H3,(H,22,27). The Morgan fingerprint density at radius 3 is 2.52 bits per heavy atom. The van der Waals surface area contributed by atoms with E-state index in [0.717, 1.165) is 0 Å². The van der Waals surface area contributed by atoms with Crippen molar-refractivity contribution in [3.05, 3.63) is 63.6 Å². The maximum Gasteiger partial charge on any atom is 0.343 e. The van der Waals surface area contributed by atoms with Crippen LogP contribution in [0.1, 0.15) is 41.6 Å². The van der Waals surface area contributed by atoms with E-state index >= 15 is 0 Å². The van der Waals surface area contributed by atoms with E-state index in [1.165, 1.54) is 29.4 Å². The molecule has 31 heavy (non-hydrogen) atoms. The van der Waals surface area contributed by atoms with Crippen molar-refractivity contribution in [2.45, 2.75) is 33.7 Å². The van der Waals surface area contributed by atoms with Crippen molar-refractivity contribution in [1.29, 1.82) is 0 Å². The van der Waals surface area contributed by atoms with Gasteiger partial charge in [-0.15, -0.1) is 0 Å². The minimum atomic E-state index is -0.887. The van der Waals surface area contributed by atoms with Crippen molar-refractivity contribution in [2.75, 3.05) is 11.9 Å². The smallest absolute Gasteiger partial charge is 0.343 e. The van der Waals surface area contributed by atoms with Crippen LogP contribution in [0, 0.1) is 24.0 Å². The zero-order chi connectivity index (χ0) is 22.7. The van der Waals surface area contributed by atoms with Gasteiger partial charge in [-0.05, 0) is 39.8 Å². The molecule has 1 atom stereocenters. The van der Waals surface area contributed by atoms with E-state index in [9.17, 15) is 19.7 Å². The van der Waals surface area contributed by atoms with Gasteiger partial charge in [0, 0.05) is 0 Å². The number of amides is 1. The summed E-state index contributed by atoms with van der Waals surface area (Å²) in [7, 11) is 0. The highest BCUT2D eigenvalue weighted by Gasteiger charge is 2.29. The number of esters is 1. The Hall–Kier alpha value is -4.02. The summed E-state index contributed by atoms with van der Waals surface area (Å²) in [6.45, 7) is 6.44. The quantitative estimate of drug-likeness (QED) is 0.349. The van der Waals surface area contributed by atoms with Crippen molar-refractivity contribution in [2.24, 2.45) is 0 Å². The average molecular weight is 426 g/mol. The Morgan fingerprint density at radius 1 is 1.26 bits per heavy atom. The lowest BCUT2D eigenvalue weighted by Gasteiger charge is -2.16. The lowest BCUT2D eigenvalue weighted by Crippen LogP contribution is -2.27. The van der Waals surface area contributed by atoms with E-state index < -0.39 is 22.8 Å². The molecule has 0 aliphatic carbocycles. The number of anilines is 1. The third kappa shape index (κ3) is 4.15. The van der Waals surface area contributed by atoms with Crippen molar-refractivity contribution in [3.63, 3.8) is 0 Å². The Balaban J connectivity index is 1.98.